The average Bonchev–Trinajstić information content (AvgIpc) is 2.84. The predicted molar refractivity (Wildman–Crippen MR) is 71.2 cm³/mol. The molecule has 0 saturated carbocycles. The SMILES string of the molecule is CCN1CCCCC1c1nnc2cccc(N)n12. The smallest absolute Gasteiger partial charge is 0.162 e. The first kappa shape index (κ1) is 11.5. The number of pyridine rings is 1. The van der Waals surface area contributed by atoms with E-state index in [1.807, 2.05) is 22.6 Å². The zero-order chi connectivity index (χ0) is 12.5. The number of likely N-dealkylation sites (tertiary alicyclic amines) is 1. The first-order chi connectivity index (χ1) is 8.81. The molecule has 96 valence electrons. The number of nitrogens with zero attached hydrogens (tertiary/aromatic N) is 4. The van der Waals surface area contributed by atoms with Gasteiger partial charge < -0.3 is 5.73 Å². The molecule has 0 bridgehead atoms. The Hall–Kier alpha value is -1.62. The van der Waals surface area contributed by atoms with Gasteiger partial charge in [-0.2, -0.15) is 0 Å². The van der Waals surface area contributed by atoms with E-state index in [2.05, 4.69) is 22.0 Å². The molecule has 2 N–H and O–H groups in total. The fourth-order valence-corrected chi connectivity index (χ4v) is 2.87. The summed E-state index contributed by atoms with van der Waals surface area (Å²) in [6.07, 6.45) is 3.67. The highest BCUT2D eigenvalue weighted by atomic mass is 15.3. The molecule has 1 unspecified atom stereocenters. The van der Waals surface area contributed by atoms with E-state index in [0.29, 0.717) is 11.9 Å². The number of rotatable bonds is 2. The molecule has 18 heavy (non-hydrogen) atoms. The molecule has 0 spiro atoms. The van der Waals surface area contributed by atoms with Gasteiger partial charge in [-0.25, -0.2) is 0 Å². The maximum Gasteiger partial charge on any atom is 0.162 e. The zero-order valence-electron chi connectivity index (χ0n) is 10.7. The van der Waals surface area contributed by atoms with Crippen molar-refractivity contribution >= 4 is 11.5 Å². The summed E-state index contributed by atoms with van der Waals surface area (Å²) < 4.78 is 1.98. The van der Waals surface area contributed by atoms with Gasteiger partial charge in [0.25, 0.3) is 0 Å². The van der Waals surface area contributed by atoms with Gasteiger partial charge in [-0.05, 0) is 38.1 Å². The first-order valence-electron chi connectivity index (χ1n) is 6.65. The second-order valence-corrected chi connectivity index (χ2v) is 4.84. The van der Waals surface area contributed by atoms with E-state index in [9.17, 15) is 0 Å². The van der Waals surface area contributed by atoms with Crippen LogP contribution in [-0.4, -0.2) is 32.6 Å². The van der Waals surface area contributed by atoms with Crippen molar-refractivity contribution in [3.05, 3.63) is 24.0 Å². The lowest BCUT2D eigenvalue weighted by molar-refractivity contribution is 0.149. The molecule has 0 aliphatic carbocycles. The minimum Gasteiger partial charge on any atom is -0.385 e. The van der Waals surface area contributed by atoms with Crippen molar-refractivity contribution in [3.63, 3.8) is 0 Å². The molecule has 0 radical (unpaired) electrons. The van der Waals surface area contributed by atoms with Gasteiger partial charge >= 0.3 is 0 Å². The maximum atomic E-state index is 6.06. The third-order valence-electron chi connectivity index (χ3n) is 3.80. The standard InChI is InChI=1S/C13H19N5/c1-2-17-9-4-3-6-10(17)13-16-15-12-8-5-7-11(14)18(12)13/h5,7-8,10H,2-4,6,9,14H2,1H3. The number of fused-ring (bicyclic) bond motifs is 1. The molecular weight excluding hydrogens is 226 g/mol. The Kier molecular flexibility index (Phi) is 2.91. The van der Waals surface area contributed by atoms with Crippen molar-refractivity contribution in [3.8, 4) is 0 Å². The Balaban J connectivity index is 2.07. The number of piperidine rings is 1. The van der Waals surface area contributed by atoms with Crippen molar-refractivity contribution in [2.45, 2.75) is 32.2 Å². The number of aromatic nitrogens is 3. The third kappa shape index (κ3) is 1.75. The molecule has 2 aromatic rings. The van der Waals surface area contributed by atoms with Gasteiger partial charge in [0.1, 0.15) is 5.82 Å². The predicted octanol–water partition coefficient (Wildman–Crippen LogP) is 1.86. The van der Waals surface area contributed by atoms with Gasteiger partial charge in [-0.15, -0.1) is 10.2 Å². The van der Waals surface area contributed by atoms with Gasteiger partial charge in [-0.3, -0.25) is 9.30 Å². The molecular formula is C13H19N5. The van der Waals surface area contributed by atoms with Crippen LogP contribution in [0.4, 0.5) is 5.82 Å². The number of nitrogen functional groups attached to an aromatic ring is 1. The van der Waals surface area contributed by atoms with Crippen LogP contribution in [0.15, 0.2) is 18.2 Å². The zero-order valence-corrected chi connectivity index (χ0v) is 10.7. The molecule has 5 heteroatoms. The lowest BCUT2D eigenvalue weighted by atomic mass is 10.0. The Morgan fingerprint density at radius 2 is 2.22 bits per heavy atom. The summed E-state index contributed by atoms with van der Waals surface area (Å²) in [5.74, 6) is 1.71. The fraction of sp³-hybridized carbons (Fsp3) is 0.538. The van der Waals surface area contributed by atoms with E-state index in [0.717, 1.165) is 31.0 Å². The second-order valence-electron chi connectivity index (χ2n) is 4.84. The number of nitrogens with two attached hydrogens (primary N) is 1. The molecule has 3 rings (SSSR count). The number of hydrogen-bond acceptors (Lipinski definition) is 4. The van der Waals surface area contributed by atoms with Gasteiger partial charge in [0, 0.05) is 0 Å². The van der Waals surface area contributed by atoms with Gasteiger partial charge in [0.15, 0.2) is 11.5 Å². The average molecular weight is 245 g/mol. The normalized spacial score (nSPS) is 21.5. The summed E-state index contributed by atoms with van der Waals surface area (Å²) in [6, 6.07) is 6.12. The molecule has 0 amide bonds. The van der Waals surface area contributed by atoms with Crippen molar-refractivity contribution in [1.29, 1.82) is 0 Å². The highest BCUT2D eigenvalue weighted by Gasteiger charge is 2.27. The van der Waals surface area contributed by atoms with Crippen LogP contribution < -0.4 is 5.73 Å². The van der Waals surface area contributed by atoms with E-state index in [1.165, 1.54) is 12.8 Å². The molecule has 3 heterocycles. The molecule has 2 aromatic heterocycles. The highest BCUT2D eigenvalue weighted by Crippen LogP contribution is 2.30. The summed E-state index contributed by atoms with van der Waals surface area (Å²) in [6.45, 7) is 4.39. The summed E-state index contributed by atoms with van der Waals surface area (Å²) in [7, 11) is 0. The van der Waals surface area contributed by atoms with Crippen molar-refractivity contribution in [2.75, 3.05) is 18.8 Å². The van der Waals surface area contributed by atoms with Crippen LogP contribution in [0.3, 0.4) is 0 Å². The molecule has 1 saturated heterocycles. The lowest BCUT2D eigenvalue weighted by Gasteiger charge is -2.33. The Morgan fingerprint density at radius 3 is 3.06 bits per heavy atom. The van der Waals surface area contributed by atoms with Crippen LogP contribution in [-0.2, 0) is 0 Å². The quantitative estimate of drug-likeness (QED) is 0.877. The summed E-state index contributed by atoms with van der Waals surface area (Å²) >= 11 is 0. The van der Waals surface area contributed by atoms with Crippen molar-refractivity contribution in [1.82, 2.24) is 19.5 Å². The van der Waals surface area contributed by atoms with E-state index < -0.39 is 0 Å². The largest absolute Gasteiger partial charge is 0.385 e. The molecule has 1 aliphatic heterocycles. The van der Waals surface area contributed by atoms with Gasteiger partial charge in [0.2, 0.25) is 0 Å². The van der Waals surface area contributed by atoms with E-state index in [4.69, 9.17) is 5.73 Å². The van der Waals surface area contributed by atoms with Crippen LogP contribution in [0.2, 0.25) is 0 Å². The fourth-order valence-electron chi connectivity index (χ4n) is 2.87. The number of anilines is 1. The monoisotopic (exact) mass is 245 g/mol. The Labute approximate surface area is 107 Å². The first-order valence-corrected chi connectivity index (χ1v) is 6.65. The van der Waals surface area contributed by atoms with Crippen LogP contribution in [0, 0.1) is 0 Å². The lowest BCUT2D eigenvalue weighted by Crippen LogP contribution is -2.34. The minimum atomic E-state index is 0.350. The van der Waals surface area contributed by atoms with Gasteiger partial charge in [0.05, 0.1) is 6.04 Å². The Bertz CT molecular complexity index is 547. The molecule has 1 fully saturated rings. The Morgan fingerprint density at radius 1 is 1.33 bits per heavy atom. The minimum absolute atomic E-state index is 0.350. The van der Waals surface area contributed by atoms with E-state index in [1.54, 1.807) is 0 Å². The topological polar surface area (TPSA) is 59.5 Å². The second kappa shape index (κ2) is 4.57. The van der Waals surface area contributed by atoms with Crippen LogP contribution >= 0.6 is 0 Å². The highest BCUT2D eigenvalue weighted by molar-refractivity contribution is 5.47. The summed E-state index contributed by atoms with van der Waals surface area (Å²) in [5.41, 5.74) is 6.90. The summed E-state index contributed by atoms with van der Waals surface area (Å²) in [5, 5.41) is 8.60. The van der Waals surface area contributed by atoms with Crippen molar-refractivity contribution < 1.29 is 0 Å². The van der Waals surface area contributed by atoms with Crippen LogP contribution in [0.5, 0.6) is 0 Å². The number of hydrogen-bond donors (Lipinski definition) is 1. The van der Waals surface area contributed by atoms with E-state index >= 15 is 0 Å². The molecule has 1 atom stereocenters. The molecule has 5 nitrogen and oxygen atoms in total. The van der Waals surface area contributed by atoms with Crippen molar-refractivity contribution in [2.24, 2.45) is 0 Å². The van der Waals surface area contributed by atoms with Crippen LogP contribution in [0.1, 0.15) is 38.1 Å². The summed E-state index contributed by atoms with van der Waals surface area (Å²) in [4.78, 5) is 2.46. The molecule has 0 aromatic carbocycles. The van der Waals surface area contributed by atoms with Crippen LogP contribution in [0.25, 0.3) is 5.65 Å². The molecule has 1 aliphatic rings. The van der Waals surface area contributed by atoms with Gasteiger partial charge in [-0.1, -0.05) is 19.4 Å². The third-order valence-corrected chi connectivity index (χ3v) is 3.80. The maximum absolute atomic E-state index is 6.06. The van der Waals surface area contributed by atoms with E-state index in [-0.39, 0.29) is 0 Å².